The van der Waals surface area contributed by atoms with E-state index in [9.17, 15) is 0 Å². The molecule has 0 N–H and O–H groups in total. The molecule has 6 heteroatoms. The summed E-state index contributed by atoms with van der Waals surface area (Å²) in [6, 6.07) is 5.58. The fraction of sp³-hybridized carbons (Fsp3) is 0.308. The number of hydrogen-bond acceptors (Lipinski definition) is 6. The van der Waals surface area contributed by atoms with Gasteiger partial charge in [-0.3, -0.25) is 0 Å². The van der Waals surface area contributed by atoms with Gasteiger partial charge in [-0.1, -0.05) is 6.92 Å². The lowest BCUT2D eigenvalue weighted by Gasteiger charge is -2.10. The smallest absolute Gasteiger partial charge is 0.233 e. The maximum atomic E-state index is 8.98. The molecule has 0 saturated heterocycles. The number of ether oxygens (including phenoxy) is 2. The van der Waals surface area contributed by atoms with Crippen LogP contribution in [-0.2, 0) is 0 Å². The van der Waals surface area contributed by atoms with Crippen LogP contribution >= 0.6 is 11.8 Å². The Labute approximate surface area is 115 Å². The molecule has 0 unspecified atom stereocenters. The number of benzene rings is 1. The van der Waals surface area contributed by atoms with Gasteiger partial charge in [0.15, 0.2) is 11.5 Å². The van der Waals surface area contributed by atoms with Crippen LogP contribution in [0.25, 0.3) is 10.9 Å². The summed E-state index contributed by atoms with van der Waals surface area (Å²) >= 11 is 1.57. The van der Waals surface area contributed by atoms with Gasteiger partial charge in [0.25, 0.3) is 0 Å². The lowest BCUT2D eigenvalue weighted by molar-refractivity contribution is 0.355. The SMILES string of the molecule is CCSc1nc(C#N)nc2cc(OC)c(OC)cc12. The molecule has 1 aromatic heterocycles. The summed E-state index contributed by atoms with van der Waals surface area (Å²) < 4.78 is 10.5. The fourth-order valence-electron chi connectivity index (χ4n) is 1.72. The maximum Gasteiger partial charge on any atom is 0.233 e. The average molecular weight is 275 g/mol. The van der Waals surface area contributed by atoms with Gasteiger partial charge in [-0.25, -0.2) is 9.97 Å². The Kier molecular flexibility index (Phi) is 4.07. The van der Waals surface area contributed by atoms with E-state index in [0.717, 1.165) is 16.2 Å². The van der Waals surface area contributed by atoms with Crippen molar-refractivity contribution in [2.75, 3.05) is 20.0 Å². The Morgan fingerprint density at radius 3 is 2.47 bits per heavy atom. The summed E-state index contributed by atoms with van der Waals surface area (Å²) in [7, 11) is 3.15. The molecule has 0 spiro atoms. The van der Waals surface area contributed by atoms with Crippen LogP contribution in [0.5, 0.6) is 11.5 Å². The maximum absolute atomic E-state index is 8.98. The first kappa shape index (κ1) is 13.4. The highest BCUT2D eigenvalue weighted by molar-refractivity contribution is 7.99. The molecule has 19 heavy (non-hydrogen) atoms. The minimum atomic E-state index is 0.163. The Hall–Kier alpha value is -2.00. The van der Waals surface area contributed by atoms with Crippen molar-refractivity contribution in [3.63, 3.8) is 0 Å². The monoisotopic (exact) mass is 275 g/mol. The van der Waals surface area contributed by atoms with Crippen LogP contribution in [0.4, 0.5) is 0 Å². The van der Waals surface area contributed by atoms with E-state index in [2.05, 4.69) is 9.97 Å². The highest BCUT2D eigenvalue weighted by atomic mass is 32.2. The molecule has 0 saturated carbocycles. The average Bonchev–Trinajstić information content (AvgIpc) is 2.45. The van der Waals surface area contributed by atoms with Crippen LogP contribution in [0.3, 0.4) is 0 Å². The number of rotatable bonds is 4. The summed E-state index contributed by atoms with van der Waals surface area (Å²) in [5, 5.41) is 10.6. The van der Waals surface area contributed by atoms with Crippen molar-refractivity contribution in [2.24, 2.45) is 0 Å². The van der Waals surface area contributed by atoms with Gasteiger partial charge < -0.3 is 9.47 Å². The standard InChI is InChI=1S/C13H13N3O2S/c1-4-19-13-8-5-10(17-2)11(18-3)6-9(8)15-12(7-14)16-13/h5-6H,4H2,1-3H3. The quantitative estimate of drug-likeness (QED) is 0.631. The largest absolute Gasteiger partial charge is 0.493 e. The molecule has 0 aliphatic rings. The zero-order valence-electron chi connectivity index (χ0n) is 10.9. The fourth-order valence-corrected chi connectivity index (χ4v) is 2.47. The third kappa shape index (κ3) is 2.56. The molecular formula is C13H13N3O2S. The molecule has 1 heterocycles. The molecule has 5 nitrogen and oxygen atoms in total. The van der Waals surface area contributed by atoms with Crippen molar-refractivity contribution in [2.45, 2.75) is 11.9 Å². The second-order valence-corrected chi connectivity index (χ2v) is 4.87. The number of nitriles is 1. The number of nitrogens with zero attached hydrogens (tertiary/aromatic N) is 3. The summed E-state index contributed by atoms with van der Waals surface area (Å²) in [5.41, 5.74) is 0.681. The van der Waals surface area contributed by atoms with Crippen LogP contribution in [0, 0.1) is 11.3 Å². The molecule has 0 radical (unpaired) electrons. The second kappa shape index (κ2) is 5.76. The van der Waals surface area contributed by atoms with Gasteiger partial charge in [0.1, 0.15) is 11.1 Å². The van der Waals surface area contributed by atoms with Crippen molar-refractivity contribution in [1.82, 2.24) is 9.97 Å². The lowest BCUT2D eigenvalue weighted by atomic mass is 10.2. The molecule has 1 aromatic carbocycles. The van der Waals surface area contributed by atoms with Crippen molar-refractivity contribution >= 4 is 22.7 Å². The lowest BCUT2D eigenvalue weighted by Crippen LogP contribution is -1.97. The first-order chi connectivity index (χ1) is 9.23. The normalized spacial score (nSPS) is 10.2. The van der Waals surface area contributed by atoms with Crippen molar-refractivity contribution in [1.29, 1.82) is 5.26 Å². The van der Waals surface area contributed by atoms with E-state index in [0.29, 0.717) is 17.0 Å². The Morgan fingerprint density at radius 2 is 1.89 bits per heavy atom. The van der Waals surface area contributed by atoms with Crippen LogP contribution < -0.4 is 9.47 Å². The van der Waals surface area contributed by atoms with Crippen LogP contribution in [0.2, 0.25) is 0 Å². The minimum Gasteiger partial charge on any atom is -0.493 e. The molecule has 0 aliphatic carbocycles. The Bertz CT molecular complexity index is 652. The number of methoxy groups -OCH3 is 2. The zero-order valence-corrected chi connectivity index (χ0v) is 11.7. The van der Waals surface area contributed by atoms with Crippen molar-refractivity contribution in [3.8, 4) is 17.6 Å². The van der Waals surface area contributed by atoms with Gasteiger partial charge in [-0.15, -0.1) is 11.8 Å². The Morgan fingerprint density at radius 1 is 1.21 bits per heavy atom. The topological polar surface area (TPSA) is 68.0 Å². The molecule has 0 atom stereocenters. The minimum absolute atomic E-state index is 0.163. The van der Waals surface area contributed by atoms with E-state index in [4.69, 9.17) is 14.7 Å². The van der Waals surface area contributed by atoms with E-state index in [1.54, 1.807) is 32.0 Å². The highest BCUT2D eigenvalue weighted by Gasteiger charge is 2.13. The first-order valence-electron chi connectivity index (χ1n) is 5.70. The molecule has 98 valence electrons. The number of aromatic nitrogens is 2. The van der Waals surface area contributed by atoms with Crippen LogP contribution in [-0.4, -0.2) is 29.9 Å². The second-order valence-electron chi connectivity index (χ2n) is 3.62. The molecule has 2 rings (SSSR count). The number of fused-ring (bicyclic) bond motifs is 1. The van der Waals surface area contributed by atoms with E-state index < -0.39 is 0 Å². The molecule has 0 aliphatic heterocycles. The van der Waals surface area contributed by atoms with Crippen LogP contribution in [0.1, 0.15) is 12.7 Å². The van der Waals surface area contributed by atoms with Gasteiger partial charge in [0, 0.05) is 11.5 Å². The van der Waals surface area contributed by atoms with Gasteiger partial charge in [-0.2, -0.15) is 5.26 Å². The first-order valence-corrected chi connectivity index (χ1v) is 6.68. The van der Waals surface area contributed by atoms with Gasteiger partial charge in [0.2, 0.25) is 5.82 Å². The number of hydrogen-bond donors (Lipinski definition) is 0. The van der Waals surface area contributed by atoms with E-state index in [1.165, 1.54) is 0 Å². The summed E-state index contributed by atoms with van der Waals surface area (Å²) in [6.07, 6.45) is 0. The van der Waals surface area contributed by atoms with E-state index in [1.807, 2.05) is 19.1 Å². The highest BCUT2D eigenvalue weighted by Crippen LogP contribution is 2.35. The molecule has 2 aromatic rings. The molecular weight excluding hydrogens is 262 g/mol. The molecule has 0 amide bonds. The van der Waals surface area contributed by atoms with Gasteiger partial charge in [0.05, 0.1) is 19.7 Å². The van der Waals surface area contributed by atoms with Crippen LogP contribution in [0.15, 0.2) is 17.2 Å². The molecule has 0 fully saturated rings. The van der Waals surface area contributed by atoms with E-state index >= 15 is 0 Å². The summed E-state index contributed by atoms with van der Waals surface area (Å²) in [6.45, 7) is 2.03. The summed E-state index contributed by atoms with van der Waals surface area (Å²) in [5.74, 6) is 2.24. The molecule has 0 bridgehead atoms. The predicted octanol–water partition coefficient (Wildman–Crippen LogP) is 2.63. The number of thioether (sulfide) groups is 1. The van der Waals surface area contributed by atoms with Crippen molar-refractivity contribution in [3.05, 3.63) is 18.0 Å². The predicted molar refractivity (Wildman–Crippen MR) is 73.8 cm³/mol. The summed E-state index contributed by atoms with van der Waals surface area (Å²) in [4.78, 5) is 8.43. The third-order valence-electron chi connectivity index (χ3n) is 2.55. The zero-order chi connectivity index (χ0) is 13.8. The van der Waals surface area contributed by atoms with E-state index in [-0.39, 0.29) is 5.82 Å². The Balaban J connectivity index is 2.74. The van der Waals surface area contributed by atoms with Crippen molar-refractivity contribution < 1.29 is 9.47 Å². The van der Waals surface area contributed by atoms with Gasteiger partial charge in [-0.05, 0) is 11.8 Å². The third-order valence-corrected chi connectivity index (χ3v) is 3.42. The van der Waals surface area contributed by atoms with Gasteiger partial charge >= 0.3 is 0 Å².